The van der Waals surface area contributed by atoms with Crippen molar-refractivity contribution in [3.8, 4) is 0 Å². The van der Waals surface area contributed by atoms with Crippen LogP contribution in [0.15, 0.2) is 36.7 Å². The first-order chi connectivity index (χ1) is 11.1. The van der Waals surface area contributed by atoms with Gasteiger partial charge in [-0.1, -0.05) is 12.1 Å². The summed E-state index contributed by atoms with van der Waals surface area (Å²) in [5.41, 5.74) is 7.80. The van der Waals surface area contributed by atoms with E-state index >= 15 is 0 Å². The molecular weight excluding hydrogens is 295 g/mol. The fourth-order valence-electron chi connectivity index (χ4n) is 3.08. The fourth-order valence-corrected chi connectivity index (χ4v) is 3.08. The zero-order valence-corrected chi connectivity index (χ0v) is 12.8. The lowest BCUT2D eigenvalue weighted by Crippen LogP contribution is -2.33. The zero-order chi connectivity index (χ0) is 16.2. The van der Waals surface area contributed by atoms with Crippen LogP contribution in [0, 0.1) is 5.82 Å². The van der Waals surface area contributed by atoms with Gasteiger partial charge in [-0.15, -0.1) is 0 Å². The minimum Gasteiger partial charge on any atom is -0.369 e. The van der Waals surface area contributed by atoms with E-state index in [4.69, 9.17) is 5.73 Å². The van der Waals surface area contributed by atoms with E-state index in [1.54, 1.807) is 18.5 Å². The van der Waals surface area contributed by atoms with Crippen molar-refractivity contribution in [3.63, 3.8) is 0 Å². The van der Waals surface area contributed by atoms with E-state index < -0.39 is 0 Å². The predicted octanol–water partition coefficient (Wildman–Crippen LogP) is 1.83. The van der Waals surface area contributed by atoms with Crippen molar-refractivity contribution >= 4 is 5.91 Å². The highest BCUT2D eigenvalue weighted by Crippen LogP contribution is 2.30. The molecule has 0 aliphatic carbocycles. The smallest absolute Gasteiger partial charge is 0.231 e. The predicted molar refractivity (Wildman–Crippen MR) is 84.0 cm³/mol. The Balaban J connectivity index is 1.78. The molecule has 1 fully saturated rings. The Kier molecular flexibility index (Phi) is 4.62. The number of benzene rings is 1. The summed E-state index contributed by atoms with van der Waals surface area (Å²) in [6, 6.07) is 6.55. The van der Waals surface area contributed by atoms with Crippen molar-refractivity contribution in [2.75, 3.05) is 13.1 Å². The zero-order valence-electron chi connectivity index (χ0n) is 12.8. The number of rotatable bonds is 5. The van der Waals surface area contributed by atoms with Crippen LogP contribution in [0.25, 0.3) is 0 Å². The van der Waals surface area contributed by atoms with Gasteiger partial charge in [-0.3, -0.25) is 19.7 Å². The number of carbonyl (C=O) groups is 1. The molecule has 5 nitrogen and oxygen atoms in total. The van der Waals surface area contributed by atoms with E-state index in [0.29, 0.717) is 6.42 Å². The molecule has 0 spiro atoms. The SMILES string of the molecule is NC(=O)CN1CCC[C@@H]1c1cncc(Cc2cccc(F)c2)n1. The van der Waals surface area contributed by atoms with Gasteiger partial charge in [-0.05, 0) is 37.1 Å². The van der Waals surface area contributed by atoms with Gasteiger partial charge in [0, 0.05) is 18.8 Å². The van der Waals surface area contributed by atoms with E-state index in [1.165, 1.54) is 12.1 Å². The van der Waals surface area contributed by atoms with Crippen molar-refractivity contribution < 1.29 is 9.18 Å². The van der Waals surface area contributed by atoms with Crippen LogP contribution >= 0.6 is 0 Å². The van der Waals surface area contributed by atoms with Gasteiger partial charge in [-0.2, -0.15) is 0 Å². The lowest BCUT2D eigenvalue weighted by molar-refractivity contribution is -0.119. The van der Waals surface area contributed by atoms with Gasteiger partial charge in [0.25, 0.3) is 0 Å². The minimum atomic E-state index is -0.333. The van der Waals surface area contributed by atoms with Crippen LogP contribution < -0.4 is 5.73 Å². The third-order valence-corrected chi connectivity index (χ3v) is 4.04. The number of nitrogens with two attached hydrogens (primary N) is 1. The molecule has 2 aromatic rings. The summed E-state index contributed by atoms with van der Waals surface area (Å²) in [6.07, 6.45) is 5.90. The topological polar surface area (TPSA) is 72.1 Å². The standard InChI is InChI=1S/C17H19FN4O/c18-13-4-1-3-12(7-13)8-14-9-20-10-15(21-14)16-5-2-6-22(16)11-17(19)23/h1,3-4,7,9-10,16H,2,5-6,8,11H2,(H2,19,23)/t16-/m1/s1. The molecule has 1 saturated heterocycles. The highest BCUT2D eigenvalue weighted by Gasteiger charge is 2.28. The molecule has 1 aromatic heterocycles. The Morgan fingerprint density at radius 3 is 3.04 bits per heavy atom. The number of likely N-dealkylation sites (tertiary alicyclic amines) is 1. The summed E-state index contributed by atoms with van der Waals surface area (Å²) in [7, 11) is 0. The number of nitrogens with zero attached hydrogens (tertiary/aromatic N) is 3. The third kappa shape index (κ3) is 3.90. The molecule has 0 saturated carbocycles. The maximum atomic E-state index is 13.3. The second kappa shape index (κ2) is 6.83. The van der Waals surface area contributed by atoms with Crippen molar-refractivity contribution in [2.24, 2.45) is 5.73 Å². The van der Waals surface area contributed by atoms with Crippen LogP contribution in [0.4, 0.5) is 4.39 Å². The van der Waals surface area contributed by atoms with Crippen LogP contribution in [0.3, 0.4) is 0 Å². The lowest BCUT2D eigenvalue weighted by Gasteiger charge is -2.22. The fraction of sp³-hybridized carbons (Fsp3) is 0.353. The first-order valence-corrected chi connectivity index (χ1v) is 7.69. The normalized spacial score (nSPS) is 18.2. The molecule has 2 N–H and O–H groups in total. The summed E-state index contributed by atoms with van der Waals surface area (Å²) in [5.74, 6) is -0.587. The first kappa shape index (κ1) is 15.6. The van der Waals surface area contributed by atoms with E-state index in [1.807, 2.05) is 11.0 Å². The van der Waals surface area contributed by atoms with Gasteiger partial charge in [0.15, 0.2) is 0 Å². The van der Waals surface area contributed by atoms with E-state index in [-0.39, 0.29) is 24.3 Å². The summed E-state index contributed by atoms with van der Waals surface area (Å²) < 4.78 is 13.3. The van der Waals surface area contributed by atoms with Crippen molar-refractivity contribution in [1.29, 1.82) is 0 Å². The van der Waals surface area contributed by atoms with E-state index in [9.17, 15) is 9.18 Å². The molecule has 1 amide bonds. The van der Waals surface area contributed by atoms with Crippen LogP contribution in [-0.4, -0.2) is 33.9 Å². The van der Waals surface area contributed by atoms with Crippen molar-refractivity contribution in [2.45, 2.75) is 25.3 Å². The molecule has 1 aliphatic rings. The molecule has 1 aromatic carbocycles. The average molecular weight is 314 g/mol. The van der Waals surface area contributed by atoms with Gasteiger partial charge in [0.2, 0.25) is 5.91 Å². The summed E-state index contributed by atoms with van der Waals surface area (Å²) in [5, 5.41) is 0. The van der Waals surface area contributed by atoms with Crippen molar-refractivity contribution in [3.05, 3.63) is 59.4 Å². The van der Waals surface area contributed by atoms with Gasteiger partial charge in [0.1, 0.15) is 5.82 Å². The van der Waals surface area contributed by atoms with Gasteiger partial charge in [0.05, 0.1) is 24.0 Å². The van der Waals surface area contributed by atoms with Crippen LogP contribution in [0.2, 0.25) is 0 Å². The molecule has 3 rings (SSSR count). The minimum absolute atomic E-state index is 0.0717. The Bertz CT molecular complexity index is 706. The second-order valence-corrected chi connectivity index (χ2v) is 5.84. The summed E-state index contributed by atoms with van der Waals surface area (Å²) in [4.78, 5) is 22.1. The highest BCUT2D eigenvalue weighted by atomic mass is 19.1. The molecule has 0 radical (unpaired) electrons. The Hall–Kier alpha value is -2.34. The van der Waals surface area contributed by atoms with E-state index in [0.717, 1.165) is 36.3 Å². The van der Waals surface area contributed by atoms with Crippen LogP contribution in [0.1, 0.15) is 35.8 Å². The molecule has 120 valence electrons. The number of hydrogen-bond acceptors (Lipinski definition) is 4. The highest BCUT2D eigenvalue weighted by molar-refractivity contribution is 5.76. The molecule has 1 atom stereocenters. The molecule has 23 heavy (non-hydrogen) atoms. The first-order valence-electron chi connectivity index (χ1n) is 7.69. The van der Waals surface area contributed by atoms with Gasteiger partial charge < -0.3 is 5.73 Å². The van der Waals surface area contributed by atoms with Crippen LogP contribution in [-0.2, 0) is 11.2 Å². The molecular formula is C17H19FN4O. The average Bonchev–Trinajstić information content (AvgIpc) is 2.95. The Labute approximate surface area is 134 Å². The largest absolute Gasteiger partial charge is 0.369 e. The summed E-state index contributed by atoms with van der Waals surface area (Å²) >= 11 is 0. The maximum Gasteiger partial charge on any atom is 0.231 e. The quantitative estimate of drug-likeness (QED) is 0.914. The molecule has 1 aliphatic heterocycles. The lowest BCUT2D eigenvalue weighted by atomic mass is 10.1. The number of hydrogen-bond donors (Lipinski definition) is 1. The number of aromatic nitrogens is 2. The number of primary amides is 1. The maximum absolute atomic E-state index is 13.3. The summed E-state index contributed by atoms with van der Waals surface area (Å²) in [6.45, 7) is 1.07. The number of amides is 1. The molecule has 0 bridgehead atoms. The van der Waals surface area contributed by atoms with Crippen LogP contribution in [0.5, 0.6) is 0 Å². The van der Waals surface area contributed by atoms with Crippen molar-refractivity contribution in [1.82, 2.24) is 14.9 Å². The molecule has 6 heteroatoms. The van der Waals surface area contributed by atoms with Gasteiger partial charge >= 0.3 is 0 Å². The molecule has 2 heterocycles. The third-order valence-electron chi connectivity index (χ3n) is 4.04. The number of carbonyl (C=O) groups excluding carboxylic acids is 1. The van der Waals surface area contributed by atoms with Gasteiger partial charge in [-0.25, -0.2) is 4.39 Å². The Morgan fingerprint density at radius 2 is 2.26 bits per heavy atom. The second-order valence-electron chi connectivity index (χ2n) is 5.84. The van der Waals surface area contributed by atoms with E-state index in [2.05, 4.69) is 9.97 Å². The monoisotopic (exact) mass is 314 g/mol. The Morgan fingerprint density at radius 1 is 1.39 bits per heavy atom. The molecule has 0 unspecified atom stereocenters. The number of halogens is 1.